The van der Waals surface area contributed by atoms with Gasteiger partial charge in [0.05, 0.1) is 7.11 Å². The van der Waals surface area contributed by atoms with E-state index in [1.54, 1.807) is 0 Å². The second kappa shape index (κ2) is 4.85. The van der Waals surface area contributed by atoms with Crippen LogP contribution in [0.1, 0.15) is 5.56 Å². The van der Waals surface area contributed by atoms with E-state index >= 15 is 0 Å². The van der Waals surface area contributed by atoms with Gasteiger partial charge in [0.25, 0.3) is 5.91 Å². The van der Waals surface area contributed by atoms with Gasteiger partial charge in [-0.15, -0.1) is 0 Å². The molecule has 0 N–H and O–H groups in total. The lowest BCUT2D eigenvalue weighted by Crippen LogP contribution is -2.23. The van der Waals surface area contributed by atoms with Gasteiger partial charge < -0.3 is 4.74 Å². The highest BCUT2D eigenvalue weighted by molar-refractivity contribution is 8.16. The third-order valence-corrected chi connectivity index (χ3v) is 3.41. The van der Waals surface area contributed by atoms with E-state index in [0.29, 0.717) is 6.07 Å². The van der Waals surface area contributed by atoms with Gasteiger partial charge in [-0.05, 0) is 12.1 Å². The summed E-state index contributed by atoms with van der Waals surface area (Å²) in [6.45, 7) is 0. The van der Waals surface area contributed by atoms with E-state index in [1.165, 1.54) is 6.07 Å². The van der Waals surface area contributed by atoms with Crippen molar-refractivity contribution in [1.82, 2.24) is 0 Å². The number of halogens is 2. The van der Waals surface area contributed by atoms with Gasteiger partial charge in [-0.1, -0.05) is 11.8 Å². The Labute approximate surface area is 105 Å². The van der Waals surface area contributed by atoms with E-state index in [4.69, 9.17) is 0 Å². The van der Waals surface area contributed by atoms with Crippen molar-refractivity contribution in [3.8, 4) is 0 Å². The largest absolute Gasteiger partial charge is 0.468 e. The number of methoxy groups -OCH3 is 1. The maximum atomic E-state index is 13.5. The Morgan fingerprint density at radius 3 is 2.78 bits per heavy atom. The summed E-state index contributed by atoms with van der Waals surface area (Å²) in [4.78, 5) is 26.3. The molecule has 0 saturated carbocycles. The average Bonchev–Trinajstić information content (AvgIpc) is 2.70. The van der Waals surface area contributed by atoms with Gasteiger partial charge in [0.1, 0.15) is 16.7 Å². The van der Waals surface area contributed by atoms with Crippen LogP contribution in [0.4, 0.5) is 8.78 Å². The predicted octanol–water partition coefficient (Wildman–Crippen LogP) is 1.53. The number of carbonyl (C=O) groups is 2. The van der Waals surface area contributed by atoms with Crippen molar-refractivity contribution in [2.24, 2.45) is 4.99 Å². The first-order chi connectivity index (χ1) is 8.52. The van der Waals surface area contributed by atoms with Crippen LogP contribution in [0.5, 0.6) is 0 Å². The lowest BCUT2D eigenvalue weighted by molar-refractivity contribution is -0.142. The number of nitrogens with zero attached hydrogens (tertiary/aromatic N) is 1. The summed E-state index contributed by atoms with van der Waals surface area (Å²) in [5.41, 5.74) is -0.0128. The summed E-state index contributed by atoms with van der Waals surface area (Å²) < 4.78 is 30.7. The van der Waals surface area contributed by atoms with Gasteiger partial charge in [0.15, 0.2) is 5.25 Å². The highest BCUT2D eigenvalue weighted by Gasteiger charge is 2.36. The first-order valence-electron chi connectivity index (χ1n) is 4.85. The fourth-order valence-electron chi connectivity index (χ4n) is 1.39. The zero-order valence-electron chi connectivity index (χ0n) is 9.15. The van der Waals surface area contributed by atoms with E-state index in [9.17, 15) is 18.4 Å². The van der Waals surface area contributed by atoms with Crippen LogP contribution >= 0.6 is 11.8 Å². The van der Waals surface area contributed by atoms with Crippen LogP contribution in [0.2, 0.25) is 0 Å². The fourth-order valence-corrected chi connectivity index (χ4v) is 2.39. The van der Waals surface area contributed by atoms with Gasteiger partial charge >= 0.3 is 5.97 Å². The van der Waals surface area contributed by atoms with Gasteiger partial charge in [-0.3, -0.25) is 9.59 Å². The standard InChI is InChI=1S/C11H7F2NO3S/c1-17-11(16)8-9(15)14-10(18-8)6-3-2-5(12)4-7(6)13/h2-4,8H,1H3. The number of hydrogen-bond acceptors (Lipinski definition) is 4. The summed E-state index contributed by atoms with van der Waals surface area (Å²) in [6.07, 6.45) is 0. The smallest absolute Gasteiger partial charge is 0.329 e. The second-order valence-corrected chi connectivity index (χ2v) is 4.49. The van der Waals surface area contributed by atoms with Crippen LogP contribution in [0, 0.1) is 11.6 Å². The maximum Gasteiger partial charge on any atom is 0.329 e. The van der Waals surface area contributed by atoms with E-state index in [2.05, 4.69) is 9.73 Å². The molecule has 1 heterocycles. The minimum atomic E-state index is -1.12. The van der Waals surface area contributed by atoms with Crippen LogP contribution < -0.4 is 0 Å². The Hall–Kier alpha value is -1.76. The number of rotatable bonds is 2. The Kier molecular flexibility index (Phi) is 3.42. The molecule has 1 atom stereocenters. The SMILES string of the molecule is COC(=O)C1SC(c2ccc(F)cc2F)=NC1=O. The Bertz CT molecular complexity index is 559. The molecule has 0 radical (unpaired) electrons. The molecule has 1 aliphatic heterocycles. The molecule has 0 spiro atoms. The van der Waals surface area contributed by atoms with E-state index in [0.717, 1.165) is 24.9 Å². The molecule has 1 amide bonds. The molecule has 94 valence electrons. The quantitative estimate of drug-likeness (QED) is 0.604. The summed E-state index contributed by atoms with van der Waals surface area (Å²) in [5.74, 6) is -3.01. The lowest BCUT2D eigenvalue weighted by atomic mass is 10.2. The predicted molar refractivity (Wildman–Crippen MR) is 61.3 cm³/mol. The number of ether oxygens (including phenoxy) is 1. The van der Waals surface area contributed by atoms with E-state index < -0.39 is 28.8 Å². The lowest BCUT2D eigenvalue weighted by Gasteiger charge is -2.04. The molecule has 4 nitrogen and oxygen atoms in total. The number of benzene rings is 1. The minimum absolute atomic E-state index is 0.0128. The molecule has 18 heavy (non-hydrogen) atoms. The molecule has 0 aliphatic carbocycles. The summed E-state index contributed by atoms with van der Waals surface area (Å²) in [7, 11) is 1.15. The van der Waals surface area contributed by atoms with Gasteiger partial charge in [-0.2, -0.15) is 0 Å². The highest BCUT2D eigenvalue weighted by atomic mass is 32.2. The maximum absolute atomic E-state index is 13.5. The Balaban J connectivity index is 2.29. The zero-order valence-corrected chi connectivity index (χ0v) is 9.96. The molecule has 1 aromatic rings. The number of thioether (sulfide) groups is 1. The van der Waals surface area contributed by atoms with Gasteiger partial charge in [0, 0.05) is 11.6 Å². The number of aliphatic imine (C=N–C) groups is 1. The number of esters is 1. The van der Waals surface area contributed by atoms with Crippen LogP contribution in [0.25, 0.3) is 0 Å². The van der Waals surface area contributed by atoms with Crippen LogP contribution in [-0.2, 0) is 14.3 Å². The van der Waals surface area contributed by atoms with Crippen molar-refractivity contribution in [3.05, 3.63) is 35.4 Å². The third-order valence-electron chi connectivity index (χ3n) is 2.24. The van der Waals surface area contributed by atoms with E-state index in [1.807, 2.05) is 0 Å². The average molecular weight is 271 g/mol. The molecule has 1 unspecified atom stereocenters. The number of hydrogen-bond donors (Lipinski definition) is 0. The van der Waals surface area contributed by atoms with Crippen molar-refractivity contribution in [2.75, 3.05) is 7.11 Å². The highest BCUT2D eigenvalue weighted by Crippen LogP contribution is 2.29. The molecular formula is C11H7F2NO3S. The van der Waals surface area contributed by atoms with Crippen molar-refractivity contribution in [1.29, 1.82) is 0 Å². The first kappa shape index (κ1) is 12.7. The van der Waals surface area contributed by atoms with Crippen LogP contribution in [-0.4, -0.2) is 29.3 Å². The molecule has 0 saturated heterocycles. The van der Waals surface area contributed by atoms with E-state index in [-0.39, 0.29) is 10.6 Å². The van der Waals surface area contributed by atoms with Crippen molar-refractivity contribution in [2.45, 2.75) is 5.25 Å². The number of carbonyl (C=O) groups excluding carboxylic acids is 2. The zero-order chi connectivity index (χ0) is 13.3. The van der Waals surface area contributed by atoms with Gasteiger partial charge in [-0.25, -0.2) is 13.8 Å². The van der Waals surface area contributed by atoms with Crippen molar-refractivity contribution >= 4 is 28.7 Å². The topological polar surface area (TPSA) is 55.7 Å². The molecule has 1 aliphatic rings. The Morgan fingerprint density at radius 2 is 2.17 bits per heavy atom. The molecular weight excluding hydrogens is 264 g/mol. The molecule has 0 aromatic heterocycles. The van der Waals surface area contributed by atoms with Crippen molar-refractivity contribution < 1.29 is 23.1 Å². The van der Waals surface area contributed by atoms with Crippen LogP contribution in [0.15, 0.2) is 23.2 Å². The molecule has 0 fully saturated rings. The summed E-state index contributed by atoms with van der Waals surface area (Å²) in [6, 6.07) is 2.91. The normalized spacial score (nSPS) is 18.7. The van der Waals surface area contributed by atoms with Gasteiger partial charge in [0.2, 0.25) is 0 Å². The third kappa shape index (κ3) is 2.26. The number of amides is 1. The second-order valence-electron chi connectivity index (χ2n) is 3.40. The Morgan fingerprint density at radius 1 is 1.44 bits per heavy atom. The molecule has 7 heteroatoms. The molecule has 0 bridgehead atoms. The molecule has 2 rings (SSSR count). The summed E-state index contributed by atoms with van der Waals surface area (Å²) in [5, 5.41) is -1.07. The summed E-state index contributed by atoms with van der Waals surface area (Å²) >= 11 is 0.788. The molecule has 1 aromatic carbocycles. The fraction of sp³-hybridized carbons (Fsp3) is 0.182. The first-order valence-corrected chi connectivity index (χ1v) is 5.73. The monoisotopic (exact) mass is 271 g/mol. The van der Waals surface area contributed by atoms with Crippen LogP contribution in [0.3, 0.4) is 0 Å². The minimum Gasteiger partial charge on any atom is -0.468 e. The van der Waals surface area contributed by atoms with Crippen molar-refractivity contribution in [3.63, 3.8) is 0 Å².